The highest BCUT2D eigenvalue weighted by Crippen LogP contribution is 2.31. The number of amides is 1. The molecule has 3 rings (SSSR count). The van der Waals surface area contributed by atoms with Gasteiger partial charge in [-0.2, -0.15) is 0 Å². The van der Waals surface area contributed by atoms with Crippen molar-refractivity contribution in [3.05, 3.63) is 41.2 Å². The summed E-state index contributed by atoms with van der Waals surface area (Å²) in [7, 11) is -3.28. The lowest BCUT2D eigenvalue weighted by Crippen LogP contribution is -2.52. The molecule has 1 aliphatic rings. The first-order chi connectivity index (χ1) is 13.1. The van der Waals surface area contributed by atoms with Crippen molar-refractivity contribution in [2.45, 2.75) is 38.1 Å². The molecule has 9 heteroatoms. The number of piperidine rings is 1. The van der Waals surface area contributed by atoms with Crippen molar-refractivity contribution in [3.8, 4) is 10.6 Å². The molecule has 6 nitrogen and oxygen atoms in total. The number of halogens is 1. The summed E-state index contributed by atoms with van der Waals surface area (Å²) in [4.78, 5) is 17.4. The molecule has 1 aromatic carbocycles. The normalized spacial score (nSPS) is 18.8. The van der Waals surface area contributed by atoms with E-state index in [1.54, 1.807) is 37.4 Å². The van der Waals surface area contributed by atoms with Crippen LogP contribution in [-0.4, -0.2) is 49.0 Å². The predicted octanol–water partition coefficient (Wildman–Crippen LogP) is 2.77. The Morgan fingerprint density at radius 3 is 2.75 bits per heavy atom. The van der Waals surface area contributed by atoms with Gasteiger partial charge in [0.15, 0.2) is 0 Å². The molecule has 0 bridgehead atoms. The third kappa shape index (κ3) is 4.42. The third-order valence-corrected chi connectivity index (χ3v) is 7.15. The van der Waals surface area contributed by atoms with E-state index < -0.39 is 15.4 Å². The van der Waals surface area contributed by atoms with Gasteiger partial charge in [0.1, 0.15) is 10.8 Å². The average Bonchev–Trinajstić information content (AvgIpc) is 3.12. The highest BCUT2D eigenvalue weighted by Gasteiger charge is 2.35. The van der Waals surface area contributed by atoms with E-state index in [4.69, 9.17) is 0 Å². The highest BCUT2D eigenvalue weighted by molar-refractivity contribution is 7.88. The number of aromatic nitrogens is 1. The molecule has 0 spiro atoms. The van der Waals surface area contributed by atoms with Gasteiger partial charge in [0, 0.05) is 30.1 Å². The quantitative estimate of drug-likeness (QED) is 0.799. The smallest absolute Gasteiger partial charge is 0.231 e. The van der Waals surface area contributed by atoms with Gasteiger partial charge in [0.2, 0.25) is 15.9 Å². The Morgan fingerprint density at radius 2 is 2.07 bits per heavy atom. The van der Waals surface area contributed by atoms with Crippen LogP contribution in [0.2, 0.25) is 0 Å². The summed E-state index contributed by atoms with van der Waals surface area (Å²) in [6.45, 7) is 4.28. The van der Waals surface area contributed by atoms with Crippen LogP contribution >= 0.6 is 11.3 Å². The largest absolute Gasteiger partial charge is 0.351 e. The fourth-order valence-electron chi connectivity index (χ4n) is 3.16. The Morgan fingerprint density at radius 1 is 1.36 bits per heavy atom. The van der Waals surface area contributed by atoms with E-state index in [0.717, 1.165) is 6.42 Å². The number of nitrogens with zero attached hydrogens (tertiary/aromatic N) is 2. The fraction of sp³-hybridized carbons (Fsp3) is 0.474. The van der Waals surface area contributed by atoms with Crippen LogP contribution < -0.4 is 5.32 Å². The molecule has 1 N–H and O–H groups in total. The van der Waals surface area contributed by atoms with Crippen molar-refractivity contribution in [2.24, 2.45) is 0 Å². The van der Waals surface area contributed by atoms with Crippen LogP contribution in [0.25, 0.3) is 10.6 Å². The molecule has 1 atom stereocenters. The van der Waals surface area contributed by atoms with E-state index in [2.05, 4.69) is 10.3 Å². The summed E-state index contributed by atoms with van der Waals surface area (Å²) in [5, 5.41) is 5.26. The van der Waals surface area contributed by atoms with Crippen LogP contribution in [0.4, 0.5) is 4.39 Å². The van der Waals surface area contributed by atoms with E-state index in [0.29, 0.717) is 29.2 Å². The standard InChI is InChI=1S/C19H24FN3O3S2/c1-19(2,16-12-27-17(22-16)14-8-4-5-9-15(14)20)18(24)21-13-7-6-10-23(11-13)28(3,25)26/h4-5,8-9,12-13H,6-7,10-11H2,1-3H3,(H,21,24). The molecule has 2 aromatic rings. The molecule has 1 aliphatic heterocycles. The first-order valence-electron chi connectivity index (χ1n) is 9.06. The molecule has 0 radical (unpaired) electrons. The molecule has 1 amide bonds. The summed E-state index contributed by atoms with van der Waals surface area (Å²) in [5.74, 6) is -0.577. The zero-order valence-electron chi connectivity index (χ0n) is 16.1. The number of rotatable bonds is 5. The van der Waals surface area contributed by atoms with Gasteiger partial charge in [-0.15, -0.1) is 11.3 Å². The summed E-state index contributed by atoms with van der Waals surface area (Å²) in [6, 6.07) is 6.17. The molecular weight excluding hydrogens is 401 g/mol. The molecule has 2 heterocycles. The minimum Gasteiger partial charge on any atom is -0.351 e. The van der Waals surface area contributed by atoms with Gasteiger partial charge in [-0.05, 0) is 38.8 Å². The second-order valence-corrected chi connectivity index (χ2v) is 10.4. The Balaban J connectivity index is 1.74. The summed E-state index contributed by atoms with van der Waals surface area (Å²) >= 11 is 1.29. The van der Waals surface area contributed by atoms with Crippen molar-refractivity contribution < 1.29 is 17.6 Å². The summed E-state index contributed by atoms with van der Waals surface area (Å²) in [5.41, 5.74) is 0.0444. The first-order valence-corrected chi connectivity index (χ1v) is 11.8. The Hall–Kier alpha value is -1.84. The molecular formula is C19H24FN3O3S2. The van der Waals surface area contributed by atoms with Gasteiger partial charge in [-0.1, -0.05) is 12.1 Å². The van der Waals surface area contributed by atoms with Crippen molar-refractivity contribution in [2.75, 3.05) is 19.3 Å². The third-order valence-electron chi connectivity index (χ3n) is 5.00. The van der Waals surface area contributed by atoms with E-state index in [1.807, 2.05) is 0 Å². The van der Waals surface area contributed by atoms with Crippen LogP contribution in [0.5, 0.6) is 0 Å². The molecule has 1 fully saturated rings. The van der Waals surface area contributed by atoms with Crippen LogP contribution in [-0.2, 0) is 20.2 Å². The maximum Gasteiger partial charge on any atom is 0.231 e. The van der Waals surface area contributed by atoms with Gasteiger partial charge in [-0.3, -0.25) is 4.79 Å². The van der Waals surface area contributed by atoms with Gasteiger partial charge in [0.05, 0.1) is 17.4 Å². The second kappa shape index (κ2) is 7.88. The van der Waals surface area contributed by atoms with Crippen LogP contribution in [0.3, 0.4) is 0 Å². The molecule has 1 unspecified atom stereocenters. The fourth-order valence-corrected chi connectivity index (χ4v) is 5.09. The van der Waals surface area contributed by atoms with E-state index in [9.17, 15) is 17.6 Å². The number of hydrogen-bond acceptors (Lipinski definition) is 5. The lowest BCUT2D eigenvalue weighted by atomic mass is 9.88. The molecule has 0 saturated carbocycles. The Kier molecular flexibility index (Phi) is 5.88. The first kappa shape index (κ1) is 20.9. The monoisotopic (exact) mass is 425 g/mol. The van der Waals surface area contributed by atoms with Crippen LogP contribution in [0.1, 0.15) is 32.4 Å². The minimum atomic E-state index is -3.28. The van der Waals surface area contributed by atoms with Crippen LogP contribution in [0, 0.1) is 5.82 Å². The number of benzene rings is 1. The number of hydrogen-bond donors (Lipinski definition) is 1. The second-order valence-electron chi connectivity index (χ2n) is 7.58. The van der Waals surface area contributed by atoms with Crippen molar-refractivity contribution in [3.63, 3.8) is 0 Å². The number of thiazole rings is 1. The zero-order chi connectivity index (χ0) is 20.5. The van der Waals surface area contributed by atoms with Gasteiger partial charge < -0.3 is 5.32 Å². The summed E-state index contributed by atoms with van der Waals surface area (Å²) < 4.78 is 39.0. The molecule has 152 valence electrons. The molecule has 1 aromatic heterocycles. The van der Waals surface area contributed by atoms with Crippen molar-refractivity contribution in [1.29, 1.82) is 0 Å². The minimum absolute atomic E-state index is 0.224. The Labute approximate surface area is 168 Å². The van der Waals surface area contributed by atoms with Gasteiger partial charge in [-0.25, -0.2) is 22.1 Å². The number of sulfonamides is 1. The van der Waals surface area contributed by atoms with Crippen LogP contribution in [0.15, 0.2) is 29.6 Å². The Bertz CT molecular complexity index is 972. The summed E-state index contributed by atoms with van der Waals surface area (Å²) in [6.07, 6.45) is 2.61. The van der Waals surface area contributed by atoms with Crippen molar-refractivity contribution >= 4 is 27.3 Å². The van der Waals surface area contributed by atoms with Gasteiger partial charge in [0.25, 0.3) is 0 Å². The average molecular weight is 426 g/mol. The topological polar surface area (TPSA) is 79.4 Å². The van der Waals surface area contributed by atoms with E-state index in [1.165, 1.54) is 28.0 Å². The highest BCUT2D eigenvalue weighted by atomic mass is 32.2. The SMILES string of the molecule is CC(C)(C(=O)NC1CCCN(S(C)(=O)=O)C1)c1csc(-c2ccccc2F)n1. The lowest BCUT2D eigenvalue weighted by Gasteiger charge is -2.33. The van der Waals surface area contributed by atoms with E-state index >= 15 is 0 Å². The number of carbonyl (C=O) groups is 1. The number of nitrogens with one attached hydrogen (secondary N) is 1. The maximum atomic E-state index is 14.0. The zero-order valence-corrected chi connectivity index (χ0v) is 17.7. The van der Waals surface area contributed by atoms with Crippen molar-refractivity contribution in [1.82, 2.24) is 14.6 Å². The van der Waals surface area contributed by atoms with Gasteiger partial charge >= 0.3 is 0 Å². The lowest BCUT2D eigenvalue weighted by molar-refractivity contribution is -0.126. The molecule has 1 saturated heterocycles. The predicted molar refractivity (Wildman–Crippen MR) is 108 cm³/mol. The maximum absolute atomic E-state index is 14.0. The van der Waals surface area contributed by atoms with E-state index in [-0.39, 0.29) is 24.3 Å². The number of carbonyl (C=O) groups excluding carboxylic acids is 1. The molecule has 28 heavy (non-hydrogen) atoms. The molecule has 0 aliphatic carbocycles.